The first-order valence-electron chi connectivity index (χ1n) is 11.5. The van der Waals surface area contributed by atoms with Crippen LogP contribution in [0.3, 0.4) is 0 Å². The van der Waals surface area contributed by atoms with Gasteiger partial charge in [-0.25, -0.2) is 9.69 Å². The number of halogens is 1. The van der Waals surface area contributed by atoms with Crippen LogP contribution < -0.4 is 19.7 Å². The molecule has 4 rings (SSSR count). The number of rotatable bonds is 9. The van der Waals surface area contributed by atoms with Crippen LogP contribution in [0, 0.1) is 0 Å². The van der Waals surface area contributed by atoms with Crippen LogP contribution in [0.5, 0.6) is 11.5 Å². The number of nitrogens with zero attached hydrogens (tertiary/aromatic N) is 2. The molecule has 0 saturated carbocycles. The van der Waals surface area contributed by atoms with Crippen LogP contribution >= 0.6 is 11.6 Å². The largest absolute Gasteiger partial charge is 0.497 e. The predicted molar refractivity (Wildman–Crippen MR) is 138 cm³/mol. The van der Waals surface area contributed by atoms with Crippen molar-refractivity contribution in [3.8, 4) is 11.5 Å². The SMILES string of the molecule is CCOc1ccc(NC(=O)CC2C(=O)N(c3ccc(Cl)cc3)C(=O)N2Cc2ccc(OC)cc2)cc1. The van der Waals surface area contributed by atoms with Gasteiger partial charge >= 0.3 is 6.03 Å². The summed E-state index contributed by atoms with van der Waals surface area (Å²) in [5, 5.41) is 3.28. The molecule has 1 fully saturated rings. The molecular weight excluding hydrogens is 482 g/mol. The lowest BCUT2D eigenvalue weighted by Gasteiger charge is -2.22. The second-order valence-corrected chi connectivity index (χ2v) is 8.57. The van der Waals surface area contributed by atoms with Gasteiger partial charge in [-0.3, -0.25) is 9.59 Å². The first-order valence-corrected chi connectivity index (χ1v) is 11.8. The Balaban J connectivity index is 1.56. The summed E-state index contributed by atoms with van der Waals surface area (Å²) in [5.74, 6) is 0.508. The summed E-state index contributed by atoms with van der Waals surface area (Å²) in [6, 6.07) is 19.1. The minimum absolute atomic E-state index is 0.152. The molecule has 0 aromatic heterocycles. The van der Waals surface area contributed by atoms with Crippen LogP contribution in [-0.4, -0.2) is 42.5 Å². The van der Waals surface area contributed by atoms with Crippen molar-refractivity contribution in [3.63, 3.8) is 0 Å². The molecule has 1 aliphatic rings. The van der Waals surface area contributed by atoms with Gasteiger partial charge in [-0.1, -0.05) is 23.7 Å². The number of methoxy groups -OCH3 is 1. The van der Waals surface area contributed by atoms with E-state index in [0.29, 0.717) is 34.5 Å². The number of carbonyl (C=O) groups excluding carboxylic acids is 3. The van der Waals surface area contributed by atoms with E-state index in [1.807, 2.05) is 19.1 Å². The summed E-state index contributed by atoms with van der Waals surface area (Å²) in [6.45, 7) is 2.58. The van der Waals surface area contributed by atoms with E-state index in [2.05, 4.69) is 5.32 Å². The summed E-state index contributed by atoms with van der Waals surface area (Å²) >= 11 is 5.98. The van der Waals surface area contributed by atoms with E-state index in [1.165, 1.54) is 4.90 Å². The molecule has 8 nitrogen and oxygen atoms in total. The maximum Gasteiger partial charge on any atom is 0.332 e. The molecular formula is C27H26ClN3O5. The van der Waals surface area contributed by atoms with E-state index in [0.717, 1.165) is 10.5 Å². The Morgan fingerprint density at radius 3 is 2.19 bits per heavy atom. The third kappa shape index (κ3) is 5.60. The molecule has 0 aliphatic carbocycles. The highest BCUT2D eigenvalue weighted by Gasteiger charge is 2.46. The highest BCUT2D eigenvalue weighted by molar-refractivity contribution is 6.30. The number of hydrogen-bond acceptors (Lipinski definition) is 5. The van der Waals surface area contributed by atoms with Crippen LogP contribution in [0.1, 0.15) is 18.9 Å². The lowest BCUT2D eigenvalue weighted by molar-refractivity contribution is -0.124. The molecule has 3 aromatic carbocycles. The Morgan fingerprint density at radius 2 is 1.58 bits per heavy atom. The second-order valence-electron chi connectivity index (χ2n) is 8.13. The molecule has 1 heterocycles. The molecule has 0 spiro atoms. The van der Waals surface area contributed by atoms with Crippen molar-refractivity contribution in [2.75, 3.05) is 23.9 Å². The van der Waals surface area contributed by atoms with Gasteiger partial charge in [0, 0.05) is 17.3 Å². The van der Waals surface area contributed by atoms with Gasteiger partial charge in [0.15, 0.2) is 0 Å². The zero-order valence-electron chi connectivity index (χ0n) is 19.9. The summed E-state index contributed by atoms with van der Waals surface area (Å²) in [5.41, 5.74) is 1.76. The van der Waals surface area contributed by atoms with Gasteiger partial charge in [0.05, 0.1) is 25.8 Å². The predicted octanol–water partition coefficient (Wildman–Crippen LogP) is 5.11. The zero-order valence-corrected chi connectivity index (χ0v) is 20.7. The van der Waals surface area contributed by atoms with Crippen molar-refractivity contribution in [3.05, 3.63) is 83.4 Å². The molecule has 1 atom stereocenters. The summed E-state index contributed by atoms with van der Waals surface area (Å²) in [7, 11) is 1.57. The van der Waals surface area contributed by atoms with Crippen LogP contribution in [-0.2, 0) is 16.1 Å². The number of nitrogens with one attached hydrogen (secondary N) is 1. The van der Waals surface area contributed by atoms with Gasteiger partial charge in [-0.15, -0.1) is 0 Å². The van der Waals surface area contributed by atoms with Gasteiger partial charge in [0.1, 0.15) is 17.5 Å². The van der Waals surface area contributed by atoms with Crippen LogP contribution in [0.25, 0.3) is 0 Å². The minimum atomic E-state index is -0.974. The Labute approximate surface area is 214 Å². The highest BCUT2D eigenvalue weighted by Crippen LogP contribution is 2.30. The van der Waals surface area contributed by atoms with Gasteiger partial charge < -0.3 is 19.7 Å². The first kappa shape index (κ1) is 25.1. The number of urea groups is 1. The van der Waals surface area contributed by atoms with Crippen LogP contribution in [0.15, 0.2) is 72.8 Å². The molecule has 4 amide bonds. The Hall–Kier alpha value is -4.04. The van der Waals surface area contributed by atoms with Crippen molar-refractivity contribution in [1.29, 1.82) is 0 Å². The molecule has 36 heavy (non-hydrogen) atoms. The smallest absolute Gasteiger partial charge is 0.332 e. The van der Waals surface area contributed by atoms with Gasteiger partial charge in [-0.05, 0) is 73.2 Å². The maximum absolute atomic E-state index is 13.4. The standard InChI is InChI=1S/C27H26ClN3O5/c1-3-36-23-14-8-20(9-15-23)29-25(32)16-24-26(33)31(21-10-6-19(28)7-11-21)27(34)30(24)17-18-4-12-22(35-2)13-5-18/h4-15,24H,3,16-17H2,1-2H3,(H,29,32). The molecule has 1 saturated heterocycles. The summed E-state index contributed by atoms with van der Waals surface area (Å²) < 4.78 is 10.6. The van der Waals surface area contributed by atoms with Crippen LogP contribution in [0.4, 0.5) is 16.2 Å². The average Bonchev–Trinajstić information content (AvgIpc) is 3.10. The van der Waals surface area contributed by atoms with E-state index in [-0.39, 0.29) is 18.9 Å². The number of ether oxygens (including phenoxy) is 2. The van der Waals surface area contributed by atoms with E-state index in [4.69, 9.17) is 21.1 Å². The van der Waals surface area contributed by atoms with E-state index < -0.39 is 18.0 Å². The number of imide groups is 1. The number of carbonyl (C=O) groups is 3. The number of hydrogen-bond donors (Lipinski definition) is 1. The monoisotopic (exact) mass is 507 g/mol. The number of anilines is 2. The van der Waals surface area contributed by atoms with E-state index in [9.17, 15) is 14.4 Å². The molecule has 1 unspecified atom stereocenters. The van der Waals surface area contributed by atoms with Crippen molar-refractivity contribution in [2.45, 2.75) is 25.9 Å². The highest BCUT2D eigenvalue weighted by atomic mass is 35.5. The maximum atomic E-state index is 13.4. The Morgan fingerprint density at radius 1 is 0.944 bits per heavy atom. The average molecular weight is 508 g/mol. The fourth-order valence-corrected chi connectivity index (χ4v) is 4.08. The van der Waals surface area contributed by atoms with Crippen molar-refractivity contribution in [2.24, 2.45) is 0 Å². The third-order valence-corrected chi connectivity index (χ3v) is 6.00. The Bertz CT molecular complexity index is 1230. The zero-order chi connectivity index (χ0) is 25.7. The van der Waals surface area contributed by atoms with E-state index >= 15 is 0 Å². The van der Waals surface area contributed by atoms with Gasteiger partial charge in [-0.2, -0.15) is 0 Å². The fourth-order valence-electron chi connectivity index (χ4n) is 3.96. The molecule has 1 aliphatic heterocycles. The molecule has 9 heteroatoms. The van der Waals surface area contributed by atoms with Crippen molar-refractivity contribution >= 4 is 40.8 Å². The van der Waals surface area contributed by atoms with E-state index in [1.54, 1.807) is 67.8 Å². The lowest BCUT2D eigenvalue weighted by atomic mass is 10.1. The number of amides is 4. The lowest BCUT2D eigenvalue weighted by Crippen LogP contribution is -2.37. The molecule has 3 aromatic rings. The van der Waals surface area contributed by atoms with Gasteiger partial charge in [0.2, 0.25) is 5.91 Å². The minimum Gasteiger partial charge on any atom is -0.497 e. The van der Waals surface area contributed by atoms with Crippen molar-refractivity contribution < 1.29 is 23.9 Å². The summed E-state index contributed by atoms with van der Waals surface area (Å²) in [6.07, 6.45) is -0.196. The Kier molecular flexibility index (Phi) is 7.75. The first-order chi connectivity index (χ1) is 17.4. The topological polar surface area (TPSA) is 88.2 Å². The molecule has 0 radical (unpaired) electrons. The molecule has 186 valence electrons. The fraction of sp³-hybridized carbons (Fsp3) is 0.222. The molecule has 0 bridgehead atoms. The third-order valence-electron chi connectivity index (χ3n) is 5.74. The normalized spacial score (nSPS) is 15.2. The van der Waals surface area contributed by atoms with Gasteiger partial charge in [0.25, 0.3) is 5.91 Å². The van der Waals surface area contributed by atoms with Crippen molar-refractivity contribution in [1.82, 2.24) is 4.90 Å². The summed E-state index contributed by atoms with van der Waals surface area (Å²) in [4.78, 5) is 42.2. The second kappa shape index (κ2) is 11.1. The quantitative estimate of drug-likeness (QED) is 0.406. The number of benzene rings is 3. The molecule has 1 N–H and O–H groups in total. The van der Waals surface area contributed by atoms with Crippen LogP contribution in [0.2, 0.25) is 5.02 Å².